The Morgan fingerprint density at radius 2 is 2.06 bits per heavy atom. The predicted octanol–water partition coefficient (Wildman–Crippen LogP) is -1.47. The van der Waals surface area contributed by atoms with E-state index < -0.39 is 17.2 Å². The highest BCUT2D eigenvalue weighted by Gasteiger charge is 2.33. The molecule has 1 fully saturated rings. The molecule has 8 heteroatoms. The molecular weight excluding hydrogens is 240 g/mol. The molecule has 2 rings (SSSR count). The van der Waals surface area contributed by atoms with Crippen molar-refractivity contribution in [3.8, 4) is 0 Å². The van der Waals surface area contributed by atoms with Crippen LogP contribution in [0.5, 0.6) is 0 Å². The summed E-state index contributed by atoms with van der Waals surface area (Å²) in [5.41, 5.74) is -1.10. The van der Waals surface area contributed by atoms with Crippen LogP contribution in [0.15, 0.2) is 9.59 Å². The average molecular weight is 254 g/mol. The molecule has 8 nitrogen and oxygen atoms in total. The number of aryl methyl sites for hydroxylation is 1. The fourth-order valence-corrected chi connectivity index (χ4v) is 1.77. The molecule has 1 heterocycles. The van der Waals surface area contributed by atoms with E-state index in [1.807, 2.05) is 0 Å². The average Bonchev–Trinajstić information content (AvgIpc) is 3.12. The maximum Gasteiger partial charge on any atom is 0.346 e. The molecule has 1 aliphatic rings. The Bertz CT molecular complexity index is 599. The fraction of sp³-hybridized carbons (Fsp3) is 0.600. The number of hydrogen-bond acceptors (Lipinski definition) is 5. The van der Waals surface area contributed by atoms with Gasteiger partial charge >= 0.3 is 11.7 Å². The van der Waals surface area contributed by atoms with Gasteiger partial charge in [0.1, 0.15) is 6.54 Å². The second-order valence-electron chi connectivity index (χ2n) is 4.35. The Morgan fingerprint density at radius 3 is 2.56 bits per heavy atom. The number of rotatable bonds is 4. The molecule has 0 atom stereocenters. The van der Waals surface area contributed by atoms with Gasteiger partial charge in [-0.1, -0.05) is 0 Å². The molecule has 0 radical (unpaired) electrons. The van der Waals surface area contributed by atoms with Crippen LogP contribution in [0, 0.1) is 0 Å². The van der Waals surface area contributed by atoms with Crippen molar-refractivity contribution in [1.29, 1.82) is 0 Å². The predicted molar refractivity (Wildman–Crippen MR) is 62.7 cm³/mol. The van der Waals surface area contributed by atoms with E-state index in [1.54, 1.807) is 0 Å². The lowest BCUT2D eigenvalue weighted by atomic mass is 10.4. The summed E-state index contributed by atoms with van der Waals surface area (Å²) in [6.45, 7) is -0.287. The van der Waals surface area contributed by atoms with E-state index in [1.165, 1.54) is 19.0 Å². The van der Waals surface area contributed by atoms with Crippen LogP contribution in [0.4, 0.5) is 5.82 Å². The summed E-state index contributed by atoms with van der Waals surface area (Å²) in [6.07, 6.45) is 1.67. The summed E-state index contributed by atoms with van der Waals surface area (Å²) in [5.74, 6) is -1.01. The first-order valence-corrected chi connectivity index (χ1v) is 5.54. The lowest BCUT2D eigenvalue weighted by Gasteiger charge is -2.20. The minimum Gasteiger partial charge on any atom is -0.480 e. The van der Waals surface area contributed by atoms with Gasteiger partial charge in [0.15, 0.2) is 0 Å². The van der Waals surface area contributed by atoms with Crippen molar-refractivity contribution in [2.75, 3.05) is 11.4 Å². The SMILES string of the molecule is Cn1nc(N(CC(=O)O)C2CC2)c(=O)n(C)c1=O. The molecule has 0 amide bonds. The smallest absolute Gasteiger partial charge is 0.346 e. The Labute approximate surface area is 102 Å². The van der Waals surface area contributed by atoms with Crippen LogP contribution in [0.1, 0.15) is 12.8 Å². The van der Waals surface area contributed by atoms with Gasteiger partial charge in [-0.2, -0.15) is 0 Å². The van der Waals surface area contributed by atoms with Crippen LogP contribution in [0.25, 0.3) is 0 Å². The molecule has 1 N–H and O–H groups in total. The van der Waals surface area contributed by atoms with E-state index in [-0.39, 0.29) is 18.4 Å². The number of aliphatic carboxylic acids is 1. The van der Waals surface area contributed by atoms with E-state index in [0.717, 1.165) is 22.1 Å². The normalized spacial score (nSPS) is 14.6. The highest BCUT2D eigenvalue weighted by atomic mass is 16.4. The van der Waals surface area contributed by atoms with E-state index >= 15 is 0 Å². The van der Waals surface area contributed by atoms with Crippen molar-refractivity contribution in [2.45, 2.75) is 18.9 Å². The summed E-state index contributed by atoms with van der Waals surface area (Å²) in [6, 6.07) is 0.0267. The number of aromatic nitrogens is 3. The standard InChI is InChI=1S/C10H14N4O4/c1-12-9(17)8(11-13(2)10(12)18)14(5-7(15)16)6-3-4-6/h6H,3-5H2,1-2H3,(H,15,16). The quantitative estimate of drug-likeness (QED) is 0.704. The molecule has 0 spiro atoms. The van der Waals surface area contributed by atoms with Crippen molar-refractivity contribution in [1.82, 2.24) is 14.3 Å². The third-order valence-electron chi connectivity index (χ3n) is 2.87. The lowest BCUT2D eigenvalue weighted by Crippen LogP contribution is -2.45. The molecule has 1 aliphatic carbocycles. The fourth-order valence-electron chi connectivity index (χ4n) is 1.77. The van der Waals surface area contributed by atoms with E-state index in [0.29, 0.717) is 0 Å². The second-order valence-corrected chi connectivity index (χ2v) is 4.35. The largest absolute Gasteiger partial charge is 0.480 e. The first-order chi connectivity index (χ1) is 8.41. The number of hydrogen-bond donors (Lipinski definition) is 1. The van der Waals surface area contributed by atoms with Crippen LogP contribution < -0.4 is 16.1 Å². The third-order valence-corrected chi connectivity index (χ3v) is 2.87. The third kappa shape index (κ3) is 2.13. The van der Waals surface area contributed by atoms with Gasteiger partial charge in [-0.15, -0.1) is 5.10 Å². The minimum atomic E-state index is -1.03. The molecule has 0 aliphatic heterocycles. The lowest BCUT2D eigenvalue weighted by molar-refractivity contribution is -0.135. The summed E-state index contributed by atoms with van der Waals surface area (Å²) in [5, 5.41) is 12.7. The Balaban J connectivity index is 2.51. The topological polar surface area (TPSA) is 97.4 Å². The summed E-state index contributed by atoms with van der Waals surface area (Å²) in [4.78, 5) is 35.7. The van der Waals surface area contributed by atoms with Gasteiger partial charge in [-0.05, 0) is 12.8 Å². The van der Waals surface area contributed by atoms with Crippen LogP contribution in [0.2, 0.25) is 0 Å². The number of carboxylic acids is 1. The van der Waals surface area contributed by atoms with Crippen molar-refractivity contribution in [3.63, 3.8) is 0 Å². The van der Waals surface area contributed by atoms with Crippen LogP contribution >= 0.6 is 0 Å². The Morgan fingerprint density at radius 1 is 1.44 bits per heavy atom. The van der Waals surface area contributed by atoms with E-state index in [4.69, 9.17) is 5.11 Å². The maximum atomic E-state index is 11.9. The van der Waals surface area contributed by atoms with Crippen molar-refractivity contribution >= 4 is 11.8 Å². The van der Waals surface area contributed by atoms with Crippen LogP contribution in [0.3, 0.4) is 0 Å². The molecule has 0 aromatic carbocycles. The molecule has 18 heavy (non-hydrogen) atoms. The van der Waals surface area contributed by atoms with Gasteiger partial charge in [0.05, 0.1) is 0 Å². The van der Waals surface area contributed by atoms with Gasteiger partial charge in [0.2, 0.25) is 5.82 Å². The van der Waals surface area contributed by atoms with Crippen LogP contribution in [-0.4, -0.2) is 38.0 Å². The van der Waals surface area contributed by atoms with Gasteiger partial charge in [-0.25, -0.2) is 9.48 Å². The summed E-state index contributed by atoms with van der Waals surface area (Å²) < 4.78 is 1.97. The zero-order valence-corrected chi connectivity index (χ0v) is 10.2. The van der Waals surface area contributed by atoms with Crippen molar-refractivity contribution in [2.24, 2.45) is 14.1 Å². The minimum absolute atomic E-state index is 0.0181. The molecule has 0 unspecified atom stereocenters. The Hall–Kier alpha value is -2.12. The summed E-state index contributed by atoms with van der Waals surface area (Å²) in [7, 11) is 2.78. The number of anilines is 1. The molecule has 1 saturated carbocycles. The van der Waals surface area contributed by atoms with Gasteiger partial charge in [0, 0.05) is 20.1 Å². The molecule has 1 aromatic heterocycles. The maximum absolute atomic E-state index is 11.9. The monoisotopic (exact) mass is 254 g/mol. The first-order valence-electron chi connectivity index (χ1n) is 5.54. The van der Waals surface area contributed by atoms with Crippen molar-refractivity contribution in [3.05, 3.63) is 20.8 Å². The summed E-state index contributed by atoms with van der Waals surface area (Å²) >= 11 is 0. The highest BCUT2D eigenvalue weighted by molar-refractivity contribution is 5.73. The molecule has 1 aromatic rings. The second kappa shape index (κ2) is 4.28. The number of nitrogens with zero attached hydrogens (tertiary/aromatic N) is 4. The van der Waals surface area contributed by atoms with Crippen LogP contribution in [-0.2, 0) is 18.9 Å². The van der Waals surface area contributed by atoms with Gasteiger partial charge in [0.25, 0.3) is 5.56 Å². The zero-order chi connectivity index (χ0) is 13.4. The highest BCUT2D eigenvalue weighted by Crippen LogP contribution is 2.28. The van der Waals surface area contributed by atoms with Gasteiger partial charge < -0.3 is 10.0 Å². The Kier molecular flexibility index (Phi) is 2.93. The number of carboxylic acid groups (broad SMARTS) is 1. The number of carbonyl (C=O) groups is 1. The van der Waals surface area contributed by atoms with Gasteiger partial charge in [-0.3, -0.25) is 14.2 Å². The molecule has 0 bridgehead atoms. The molecular formula is C10H14N4O4. The molecule has 98 valence electrons. The van der Waals surface area contributed by atoms with E-state index in [9.17, 15) is 14.4 Å². The first kappa shape index (κ1) is 12.3. The van der Waals surface area contributed by atoms with E-state index in [2.05, 4.69) is 5.10 Å². The zero-order valence-electron chi connectivity index (χ0n) is 10.2. The molecule has 0 saturated heterocycles. The van der Waals surface area contributed by atoms with Crippen molar-refractivity contribution < 1.29 is 9.90 Å².